The van der Waals surface area contributed by atoms with Crippen LogP contribution in [-0.2, 0) is 0 Å². The van der Waals surface area contributed by atoms with Crippen LogP contribution in [0.4, 0.5) is 23.0 Å². The van der Waals surface area contributed by atoms with Crippen LogP contribution in [0, 0.1) is 6.92 Å². The summed E-state index contributed by atoms with van der Waals surface area (Å²) in [6, 6.07) is 16.2. The lowest BCUT2D eigenvalue weighted by atomic mass is 10.1. The topological polar surface area (TPSA) is 87.2 Å². The van der Waals surface area contributed by atoms with Gasteiger partial charge in [0.15, 0.2) is 5.78 Å². The van der Waals surface area contributed by atoms with Crippen LogP contribution in [0.3, 0.4) is 0 Å². The van der Waals surface area contributed by atoms with Gasteiger partial charge in [0.1, 0.15) is 5.69 Å². The van der Waals surface area contributed by atoms with Gasteiger partial charge in [-0.2, -0.15) is 0 Å². The molecule has 29 heavy (non-hydrogen) atoms. The van der Waals surface area contributed by atoms with E-state index in [1.807, 2.05) is 43.3 Å². The van der Waals surface area contributed by atoms with Crippen molar-refractivity contribution in [2.75, 3.05) is 29.6 Å². The molecular weight excluding hydrogens is 366 g/mol. The Morgan fingerprint density at radius 1 is 0.931 bits per heavy atom. The van der Waals surface area contributed by atoms with Crippen molar-refractivity contribution in [3.63, 3.8) is 0 Å². The summed E-state index contributed by atoms with van der Waals surface area (Å²) in [5.74, 6) is -0.0989. The Labute approximate surface area is 169 Å². The number of benzene rings is 2. The van der Waals surface area contributed by atoms with Gasteiger partial charge in [0, 0.05) is 42.4 Å². The largest absolute Gasteiger partial charge is 0.378 e. The van der Waals surface area contributed by atoms with Crippen molar-refractivity contribution >= 4 is 34.7 Å². The fourth-order valence-electron chi connectivity index (χ4n) is 2.72. The van der Waals surface area contributed by atoms with E-state index in [0.717, 1.165) is 11.4 Å². The maximum absolute atomic E-state index is 12.7. The summed E-state index contributed by atoms with van der Waals surface area (Å²) in [5, 5.41) is 5.91. The Balaban J connectivity index is 1.78. The van der Waals surface area contributed by atoms with Crippen LogP contribution >= 0.6 is 0 Å². The van der Waals surface area contributed by atoms with E-state index in [-0.39, 0.29) is 17.4 Å². The molecule has 148 valence electrons. The normalized spacial score (nSPS) is 10.3. The minimum atomic E-state index is -0.373. The summed E-state index contributed by atoms with van der Waals surface area (Å²) >= 11 is 0. The highest BCUT2D eigenvalue weighted by molar-refractivity contribution is 6.04. The van der Waals surface area contributed by atoms with E-state index < -0.39 is 0 Å². The van der Waals surface area contributed by atoms with Gasteiger partial charge in [-0.3, -0.25) is 9.59 Å². The average molecular weight is 389 g/mol. The Morgan fingerprint density at radius 3 is 2.31 bits per heavy atom. The molecule has 0 aliphatic rings. The standard InChI is InChI=1S/C22H23N5O2/c1-14-12-20(21(29)24-18-7-5-6-16(13-18)15(2)28)26-22(23-14)25-17-8-10-19(11-9-17)27(3)4/h5-13H,1-4H3,(H,24,29)(H,23,25,26). The average Bonchev–Trinajstić information content (AvgIpc) is 2.68. The summed E-state index contributed by atoms with van der Waals surface area (Å²) < 4.78 is 0. The molecule has 0 bridgehead atoms. The van der Waals surface area contributed by atoms with Crippen molar-refractivity contribution < 1.29 is 9.59 Å². The molecule has 3 rings (SSSR count). The molecule has 0 atom stereocenters. The van der Waals surface area contributed by atoms with E-state index in [0.29, 0.717) is 22.9 Å². The minimum Gasteiger partial charge on any atom is -0.378 e. The number of nitrogens with zero attached hydrogens (tertiary/aromatic N) is 3. The molecule has 0 fully saturated rings. The Hall–Kier alpha value is -3.74. The molecule has 0 saturated carbocycles. The molecule has 7 heteroatoms. The second-order valence-corrected chi connectivity index (χ2v) is 6.88. The van der Waals surface area contributed by atoms with Gasteiger partial charge in [0.2, 0.25) is 5.95 Å². The Bertz CT molecular complexity index is 1050. The third-order valence-corrected chi connectivity index (χ3v) is 4.25. The zero-order valence-corrected chi connectivity index (χ0v) is 16.9. The molecule has 1 amide bonds. The highest BCUT2D eigenvalue weighted by atomic mass is 16.2. The second kappa shape index (κ2) is 8.52. The van der Waals surface area contributed by atoms with Crippen molar-refractivity contribution in [2.45, 2.75) is 13.8 Å². The predicted octanol–water partition coefficient (Wildman–Crippen LogP) is 4.05. The molecule has 2 aromatic carbocycles. The number of Topliss-reactive ketones (excluding diaryl/α,β-unsaturated/α-hetero) is 1. The molecule has 7 nitrogen and oxygen atoms in total. The maximum Gasteiger partial charge on any atom is 0.274 e. The molecule has 0 aliphatic carbocycles. The number of hydrogen-bond acceptors (Lipinski definition) is 6. The van der Waals surface area contributed by atoms with Crippen LogP contribution in [0.2, 0.25) is 0 Å². The predicted molar refractivity (Wildman–Crippen MR) is 115 cm³/mol. The van der Waals surface area contributed by atoms with Gasteiger partial charge in [-0.05, 0) is 56.3 Å². The first kappa shape index (κ1) is 20.0. The molecule has 1 aromatic heterocycles. The van der Waals surface area contributed by atoms with Gasteiger partial charge in [0.05, 0.1) is 0 Å². The molecule has 1 heterocycles. The molecule has 0 radical (unpaired) electrons. The number of aromatic nitrogens is 2. The number of nitrogens with one attached hydrogen (secondary N) is 2. The van der Waals surface area contributed by atoms with Gasteiger partial charge >= 0.3 is 0 Å². The minimum absolute atomic E-state index is 0.0641. The lowest BCUT2D eigenvalue weighted by molar-refractivity contribution is 0.100. The fourth-order valence-corrected chi connectivity index (χ4v) is 2.72. The van der Waals surface area contributed by atoms with Crippen molar-refractivity contribution in [1.82, 2.24) is 9.97 Å². The van der Waals surface area contributed by atoms with Crippen molar-refractivity contribution in [1.29, 1.82) is 0 Å². The van der Waals surface area contributed by atoms with Gasteiger partial charge in [-0.15, -0.1) is 0 Å². The molecule has 0 aliphatic heterocycles. The van der Waals surface area contributed by atoms with Gasteiger partial charge in [-0.1, -0.05) is 12.1 Å². The fraction of sp³-hybridized carbons (Fsp3) is 0.182. The highest BCUT2D eigenvalue weighted by Gasteiger charge is 2.12. The van der Waals surface area contributed by atoms with E-state index in [4.69, 9.17) is 0 Å². The number of aryl methyl sites for hydroxylation is 1. The van der Waals surface area contributed by atoms with E-state index >= 15 is 0 Å². The van der Waals surface area contributed by atoms with Crippen LogP contribution in [-0.4, -0.2) is 35.8 Å². The summed E-state index contributed by atoms with van der Waals surface area (Å²) in [4.78, 5) is 34.9. The van der Waals surface area contributed by atoms with Crippen LogP contribution in [0.25, 0.3) is 0 Å². The Kier molecular flexibility index (Phi) is 5.87. The van der Waals surface area contributed by atoms with Crippen molar-refractivity contribution in [3.05, 3.63) is 71.5 Å². The second-order valence-electron chi connectivity index (χ2n) is 6.88. The smallest absolute Gasteiger partial charge is 0.274 e. The van der Waals surface area contributed by atoms with Crippen molar-refractivity contribution in [2.24, 2.45) is 0 Å². The molecule has 0 unspecified atom stereocenters. The molecule has 0 spiro atoms. The number of amides is 1. The number of carbonyl (C=O) groups is 2. The van der Waals surface area contributed by atoms with E-state index in [1.165, 1.54) is 6.92 Å². The first-order valence-corrected chi connectivity index (χ1v) is 9.14. The maximum atomic E-state index is 12.7. The summed E-state index contributed by atoms with van der Waals surface area (Å²) in [6.07, 6.45) is 0. The highest BCUT2D eigenvalue weighted by Crippen LogP contribution is 2.19. The van der Waals surface area contributed by atoms with Gasteiger partial charge < -0.3 is 15.5 Å². The van der Waals surface area contributed by atoms with Crippen LogP contribution in [0.5, 0.6) is 0 Å². The van der Waals surface area contributed by atoms with Gasteiger partial charge in [0.25, 0.3) is 5.91 Å². The number of ketones is 1. The monoisotopic (exact) mass is 389 g/mol. The number of anilines is 4. The zero-order valence-electron chi connectivity index (χ0n) is 16.9. The Morgan fingerprint density at radius 2 is 1.66 bits per heavy atom. The lowest BCUT2D eigenvalue weighted by Crippen LogP contribution is -2.15. The first-order valence-electron chi connectivity index (χ1n) is 9.14. The summed E-state index contributed by atoms with van der Waals surface area (Å²) in [7, 11) is 3.95. The number of rotatable bonds is 6. The van der Waals surface area contributed by atoms with Gasteiger partial charge in [-0.25, -0.2) is 9.97 Å². The summed E-state index contributed by atoms with van der Waals surface area (Å²) in [5.41, 5.74) is 3.86. The lowest BCUT2D eigenvalue weighted by Gasteiger charge is -2.13. The SMILES string of the molecule is CC(=O)c1cccc(NC(=O)c2cc(C)nc(Nc3ccc(N(C)C)cc3)n2)c1. The third kappa shape index (κ3) is 5.16. The summed E-state index contributed by atoms with van der Waals surface area (Å²) in [6.45, 7) is 3.28. The van der Waals surface area contributed by atoms with E-state index in [1.54, 1.807) is 37.3 Å². The molecule has 0 saturated heterocycles. The van der Waals surface area contributed by atoms with Crippen LogP contribution in [0.1, 0.15) is 33.5 Å². The quantitative estimate of drug-likeness (QED) is 0.619. The van der Waals surface area contributed by atoms with Crippen LogP contribution in [0.15, 0.2) is 54.6 Å². The van der Waals surface area contributed by atoms with Crippen LogP contribution < -0.4 is 15.5 Å². The van der Waals surface area contributed by atoms with E-state index in [9.17, 15) is 9.59 Å². The molecule has 3 aromatic rings. The third-order valence-electron chi connectivity index (χ3n) is 4.25. The molecular formula is C22H23N5O2. The number of hydrogen-bond donors (Lipinski definition) is 2. The zero-order chi connectivity index (χ0) is 21.0. The first-order chi connectivity index (χ1) is 13.8. The van der Waals surface area contributed by atoms with E-state index in [2.05, 4.69) is 20.6 Å². The number of carbonyl (C=O) groups excluding carboxylic acids is 2. The van der Waals surface area contributed by atoms with Crippen molar-refractivity contribution in [3.8, 4) is 0 Å². The molecule has 2 N–H and O–H groups in total.